The monoisotopic (exact) mass is 580 g/mol. The summed E-state index contributed by atoms with van der Waals surface area (Å²) in [7, 11) is -0.814. The number of sulfonamides is 1. The Kier molecular flexibility index (Phi) is 6.37. The van der Waals surface area contributed by atoms with Gasteiger partial charge in [-0.15, -0.1) is 0 Å². The average molecular weight is 581 g/mol. The van der Waals surface area contributed by atoms with Gasteiger partial charge >= 0.3 is 6.09 Å². The Hall–Kier alpha value is -4.31. The molecule has 0 bridgehead atoms. The quantitative estimate of drug-likeness (QED) is 0.276. The van der Waals surface area contributed by atoms with Crippen molar-refractivity contribution in [3.8, 4) is 5.75 Å². The van der Waals surface area contributed by atoms with E-state index in [1.165, 1.54) is 25.3 Å². The third-order valence-electron chi connectivity index (χ3n) is 6.75. The van der Waals surface area contributed by atoms with Gasteiger partial charge in [-0.1, -0.05) is 24.3 Å². The molecule has 1 saturated carbocycles. The Morgan fingerprint density at radius 1 is 1.07 bits per heavy atom. The van der Waals surface area contributed by atoms with Gasteiger partial charge in [0.1, 0.15) is 11.8 Å². The molecule has 1 aromatic heterocycles. The van der Waals surface area contributed by atoms with E-state index >= 15 is 0 Å². The third-order valence-corrected chi connectivity index (χ3v) is 8.24. The molecule has 5 rings (SSSR count). The van der Waals surface area contributed by atoms with E-state index in [-0.39, 0.29) is 23.3 Å². The van der Waals surface area contributed by atoms with Crippen molar-refractivity contribution < 1.29 is 34.3 Å². The minimum atomic E-state index is -4.10. The summed E-state index contributed by atoms with van der Waals surface area (Å²) in [6, 6.07) is 16.0. The fraction of sp³-hybridized carbons (Fsp3) is 0.290. The number of methoxy groups -OCH3 is 1. The summed E-state index contributed by atoms with van der Waals surface area (Å²) in [6.07, 6.45) is -6.87. The summed E-state index contributed by atoms with van der Waals surface area (Å²) in [6.45, 7) is 1.64. The second-order valence-corrected chi connectivity index (χ2v) is 11.2. The van der Waals surface area contributed by atoms with Crippen molar-refractivity contribution in [1.82, 2.24) is 9.29 Å². The van der Waals surface area contributed by atoms with Crippen LogP contribution >= 0.6 is 0 Å². The second-order valence-electron chi connectivity index (χ2n) is 9.60. The molecule has 0 aliphatic heterocycles. The van der Waals surface area contributed by atoms with Crippen molar-refractivity contribution >= 4 is 38.6 Å². The highest BCUT2D eigenvalue weighted by Crippen LogP contribution is 2.30. The molecule has 214 valence electrons. The predicted octanol–water partition coefficient (Wildman–Crippen LogP) is 5.70. The normalized spacial score (nSPS) is 18.8. The van der Waals surface area contributed by atoms with Gasteiger partial charge in [-0.2, -0.15) is 0 Å². The molecule has 1 aliphatic rings. The zero-order valence-electron chi connectivity index (χ0n) is 27.8. The minimum absolute atomic E-state index is 0.00419. The number of aryl methyl sites for hydroxylation is 2. The number of anilines is 1. The van der Waals surface area contributed by atoms with E-state index in [2.05, 4.69) is 10.0 Å². The van der Waals surface area contributed by atoms with E-state index in [1.54, 1.807) is 49.4 Å². The fourth-order valence-corrected chi connectivity index (χ4v) is 5.97. The molecule has 0 saturated heterocycles. The van der Waals surface area contributed by atoms with Gasteiger partial charge < -0.3 is 14.0 Å². The summed E-state index contributed by atoms with van der Waals surface area (Å²) < 4.78 is 80.8. The van der Waals surface area contributed by atoms with Crippen molar-refractivity contribution in [2.75, 3.05) is 12.4 Å². The van der Waals surface area contributed by atoms with E-state index in [1.807, 2.05) is 17.8 Å². The first-order chi connectivity index (χ1) is 21.5. The molecule has 0 unspecified atom stereocenters. The number of hydrogen-bond donors (Lipinski definition) is 2. The molecule has 9 nitrogen and oxygen atoms in total. The third kappa shape index (κ3) is 6.22. The van der Waals surface area contributed by atoms with Crippen molar-refractivity contribution in [1.29, 1.82) is 0 Å². The summed E-state index contributed by atoms with van der Waals surface area (Å²) >= 11 is 0. The first kappa shape index (κ1) is 22.4. The number of amides is 2. The van der Waals surface area contributed by atoms with Crippen LogP contribution in [-0.2, 0) is 28.2 Å². The number of carbonyl (C=O) groups is 2. The van der Waals surface area contributed by atoms with Gasteiger partial charge in [-0.3, -0.25) is 10.1 Å². The first-order valence-corrected chi connectivity index (χ1v) is 14.3. The lowest BCUT2D eigenvalue weighted by Gasteiger charge is -2.13. The molecule has 1 fully saturated rings. The molecule has 0 spiro atoms. The van der Waals surface area contributed by atoms with Crippen LogP contribution in [0.5, 0.6) is 5.75 Å². The number of fused-ring (bicyclic) bond motifs is 1. The molecule has 41 heavy (non-hydrogen) atoms. The smallest absolute Gasteiger partial charge is 0.411 e. The van der Waals surface area contributed by atoms with E-state index in [9.17, 15) is 18.0 Å². The maximum atomic E-state index is 12.9. The number of rotatable bonds is 8. The van der Waals surface area contributed by atoms with Crippen LogP contribution in [-0.4, -0.2) is 38.2 Å². The number of nitrogens with one attached hydrogen (secondary N) is 2. The fourth-order valence-electron chi connectivity index (χ4n) is 4.75. The maximum absolute atomic E-state index is 12.9. The van der Waals surface area contributed by atoms with Gasteiger partial charge in [0.05, 0.1) is 13.4 Å². The van der Waals surface area contributed by atoms with E-state index in [0.29, 0.717) is 29.0 Å². The second kappa shape index (κ2) is 11.7. The molecule has 10 heteroatoms. The number of nitrogens with zero attached hydrogens (tertiary/aromatic N) is 1. The van der Waals surface area contributed by atoms with E-state index < -0.39 is 40.8 Å². The lowest BCUT2D eigenvalue weighted by atomic mass is 10.0. The summed E-state index contributed by atoms with van der Waals surface area (Å²) in [5, 5.41) is 3.25. The van der Waals surface area contributed by atoms with Crippen LogP contribution in [0.4, 0.5) is 10.5 Å². The predicted molar refractivity (Wildman–Crippen MR) is 157 cm³/mol. The Morgan fingerprint density at radius 3 is 2.56 bits per heavy atom. The molecular weight excluding hydrogens is 542 g/mol. The molecule has 0 atom stereocenters. The lowest BCUT2D eigenvalue weighted by molar-refractivity contribution is 0.0980. The SMILES string of the molecule is [2H]C1([2H])CCC([2H])([2H])C1([2H])OC(=O)Nc1ccc2c(c1)c(Cc1ccc(C(=O)NS(=O)(=O)c3ccccc3C)cc1OC)cn2C. The molecule has 1 aliphatic carbocycles. The Morgan fingerprint density at radius 2 is 1.83 bits per heavy atom. The topological polar surface area (TPSA) is 116 Å². The van der Waals surface area contributed by atoms with Crippen LogP contribution in [0.2, 0.25) is 0 Å². The highest BCUT2D eigenvalue weighted by atomic mass is 32.2. The Bertz CT molecular complexity index is 1950. The van der Waals surface area contributed by atoms with Gasteiger partial charge in [0.15, 0.2) is 0 Å². The van der Waals surface area contributed by atoms with E-state index in [0.717, 1.165) is 16.5 Å². The molecule has 2 N–H and O–H groups in total. The van der Waals surface area contributed by atoms with Crippen molar-refractivity contribution in [2.45, 2.75) is 49.9 Å². The van der Waals surface area contributed by atoms with Crippen molar-refractivity contribution in [3.05, 3.63) is 89.1 Å². The van der Waals surface area contributed by atoms with Gasteiger partial charge in [0.25, 0.3) is 15.9 Å². The van der Waals surface area contributed by atoms with Gasteiger partial charge in [-0.05, 0) is 85.6 Å². The van der Waals surface area contributed by atoms with Crippen LogP contribution < -0.4 is 14.8 Å². The lowest BCUT2D eigenvalue weighted by Crippen LogP contribution is -2.31. The van der Waals surface area contributed by atoms with Crippen LogP contribution in [0.3, 0.4) is 0 Å². The molecule has 1 heterocycles. The Labute approximate surface area is 246 Å². The van der Waals surface area contributed by atoms with Crippen molar-refractivity contribution in [2.24, 2.45) is 7.05 Å². The zero-order valence-corrected chi connectivity index (χ0v) is 23.6. The summed E-state index contributed by atoms with van der Waals surface area (Å²) in [5.41, 5.74) is 3.23. The molecule has 2 amide bonds. The van der Waals surface area contributed by atoms with Crippen molar-refractivity contribution in [3.63, 3.8) is 0 Å². The average Bonchev–Trinajstić information content (AvgIpc) is 3.37. The van der Waals surface area contributed by atoms with E-state index in [4.69, 9.17) is 16.3 Å². The Balaban J connectivity index is 1.36. The first-order valence-electron chi connectivity index (χ1n) is 15.4. The van der Waals surface area contributed by atoms with Gasteiger partial charge in [-0.25, -0.2) is 17.9 Å². The number of carbonyl (C=O) groups excluding carboxylic acids is 2. The highest BCUT2D eigenvalue weighted by molar-refractivity contribution is 7.90. The van der Waals surface area contributed by atoms with Crippen LogP contribution in [0.15, 0.2) is 71.8 Å². The number of ether oxygens (including phenoxy) is 2. The molecule has 3 aromatic carbocycles. The summed E-state index contributed by atoms with van der Waals surface area (Å²) in [4.78, 5) is 25.7. The van der Waals surface area contributed by atoms with Crippen LogP contribution in [0, 0.1) is 6.92 Å². The number of hydrogen-bond acceptors (Lipinski definition) is 6. The van der Waals surface area contributed by atoms with Crippen LogP contribution in [0.25, 0.3) is 10.9 Å². The largest absolute Gasteiger partial charge is 0.496 e. The number of benzene rings is 3. The zero-order chi connectivity index (χ0) is 33.7. The molecule has 4 aromatic rings. The summed E-state index contributed by atoms with van der Waals surface area (Å²) in [5.74, 6) is -0.453. The standard InChI is InChI=1S/C31H33N3O6S/c1-20-8-4-7-11-29(20)41(37,38)33-30(35)22-13-12-21(28(17-22)39-3)16-23-19-34(2)27-15-14-24(18-26(23)27)32-31(36)40-25-9-5-6-10-25/h4,7-8,11-15,17-19,25H,5-6,9-10,16H2,1-3H3,(H,32,36)(H,33,35)/i9D2,10D2,25D. The molecular formula is C31H33N3O6S. The highest BCUT2D eigenvalue weighted by Gasteiger charge is 2.22. The molecule has 0 radical (unpaired) electrons. The van der Waals surface area contributed by atoms with Crippen LogP contribution in [0.1, 0.15) is 59.5 Å². The number of aromatic nitrogens is 1. The maximum Gasteiger partial charge on any atom is 0.411 e. The van der Waals surface area contributed by atoms with Gasteiger partial charge in [0.2, 0.25) is 0 Å². The minimum Gasteiger partial charge on any atom is -0.496 e. The van der Waals surface area contributed by atoms with Gasteiger partial charge in [0, 0.05) is 47.3 Å².